The van der Waals surface area contributed by atoms with Crippen molar-refractivity contribution in [2.24, 2.45) is 0 Å². The van der Waals surface area contributed by atoms with Crippen LogP contribution in [0.5, 0.6) is 0 Å². The molecule has 11 heteroatoms. The van der Waals surface area contributed by atoms with Crippen LogP contribution in [0.25, 0.3) is 0 Å². The van der Waals surface area contributed by atoms with Crippen molar-refractivity contribution in [3.63, 3.8) is 0 Å². The number of aryl methyl sites for hydroxylation is 1. The summed E-state index contributed by atoms with van der Waals surface area (Å²) < 4.78 is 52.9. The van der Waals surface area contributed by atoms with Crippen molar-refractivity contribution in [1.82, 2.24) is 10.3 Å². The molecular weight excluding hydrogens is 573 g/mol. The number of nitrogens with zero attached hydrogens (tertiary/aromatic N) is 1. The summed E-state index contributed by atoms with van der Waals surface area (Å²) in [5, 5.41) is 3.66. The molecule has 1 heterocycles. The SMILES string of the molecule is CC(C)(C)OC(=O)N[C@H](CCc1ncc(Br)s1)[C@@H](O[Si](C)(C)C(C)(C)C)c1ccc(C(F)(F)F)cc1. The van der Waals surface area contributed by atoms with Gasteiger partial charge in [-0.3, -0.25) is 0 Å². The predicted molar refractivity (Wildman–Crippen MR) is 144 cm³/mol. The largest absolute Gasteiger partial charge is 0.444 e. The molecule has 1 aromatic carbocycles. The van der Waals surface area contributed by atoms with Crippen molar-refractivity contribution in [3.8, 4) is 0 Å². The second kappa shape index (κ2) is 11.5. The Kier molecular flexibility index (Phi) is 9.86. The Morgan fingerprint density at radius 1 is 1.11 bits per heavy atom. The first-order valence-corrected chi connectivity index (χ1v) is 16.2. The number of hydrogen-bond acceptors (Lipinski definition) is 5. The molecule has 5 nitrogen and oxygen atoms in total. The number of thiazole rings is 1. The second-order valence-corrected chi connectivity index (χ2v) is 18.5. The van der Waals surface area contributed by atoms with Gasteiger partial charge in [-0.25, -0.2) is 9.78 Å². The smallest absolute Gasteiger partial charge is 0.416 e. The molecule has 0 unspecified atom stereocenters. The molecular formula is C25H36BrF3N2O3SSi. The van der Waals surface area contributed by atoms with Crippen LogP contribution in [0.15, 0.2) is 34.2 Å². The predicted octanol–water partition coefficient (Wildman–Crippen LogP) is 8.51. The van der Waals surface area contributed by atoms with Crippen LogP contribution in [0.2, 0.25) is 18.1 Å². The van der Waals surface area contributed by atoms with E-state index in [0.717, 1.165) is 20.9 Å². The molecule has 2 atom stereocenters. The van der Waals surface area contributed by atoms with Gasteiger partial charge in [0.1, 0.15) is 5.60 Å². The van der Waals surface area contributed by atoms with Gasteiger partial charge in [0.15, 0.2) is 8.32 Å². The third kappa shape index (κ3) is 9.15. The topological polar surface area (TPSA) is 60.5 Å². The summed E-state index contributed by atoms with van der Waals surface area (Å²) in [6.45, 7) is 15.7. The Bertz CT molecular complexity index is 1020. The van der Waals surface area contributed by atoms with E-state index in [1.54, 1.807) is 27.0 Å². The molecule has 1 N–H and O–H groups in total. The van der Waals surface area contributed by atoms with Crippen molar-refractivity contribution in [1.29, 1.82) is 0 Å². The Morgan fingerprint density at radius 2 is 1.69 bits per heavy atom. The number of carbonyl (C=O) groups is 1. The molecule has 0 radical (unpaired) electrons. The van der Waals surface area contributed by atoms with Gasteiger partial charge in [0.25, 0.3) is 0 Å². The summed E-state index contributed by atoms with van der Waals surface area (Å²) in [6, 6.07) is 4.42. The van der Waals surface area contributed by atoms with E-state index in [9.17, 15) is 18.0 Å². The minimum absolute atomic E-state index is 0.159. The average molecular weight is 610 g/mol. The van der Waals surface area contributed by atoms with Gasteiger partial charge in [-0.05, 0) is 79.0 Å². The number of aromatic nitrogens is 1. The van der Waals surface area contributed by atoms with Crippen LogP contribution in [0.4, 0.5) is 18.0 Å². The number of alkyl carbamates (subject to hydrolysis) is 1. The summed E-state index contributed by atoms with van der Waals surface area (Å²) in [4.78, 5) is 17.2. The fourth-order valence-electron chi connectivity index (χ4n) is 3.18. The second-order valence-electron chi connectivity index (χ2n) is 11.3. The molecule has 36 heavy (non-hydrogen) atoms. The van der Waals surface area contributed by atoms with Crippen LogP contribution in [0.3, 0.4) is 0 Å². The number of carbonyl (C=O) groups excluding carboxylic acids is 1. The minimum Gasteiger partial charge on any atom is -0.444 e. The molecule has 0 spiro atoms. The highest BCUT2D eigenvalue weighted by Crippen LogP contribution is 2.41. The van der Waals surface area contributed by atoms with E-state index >= 15 is 0 Å². The average Bonchev–Trinajstić information content (AvgIpc) is 3.12. The normalized spacial score (nSPS) is 14.9. The Morgan fingerprint density at radius 3 is 2.14 bits per heavy atom. The monoisotopic (exact) mass is 608 g/mol. The van der Waals surface area contributed by atoms with E-state index < -0.39 is 43.9 Å². The lowest BCUT2D eigenvalue weighted by molar-refractivity contribution is -0.137. The van der Waals surface area contributed by atoms with Gasteiger partial charge in [0.2, 0.25) is 0 Å². The highest BCUT2D eigenvalue weighted by molar-refractivity contribution is 9.11. The van der Waals surface area contributed by atoms with Crippen molar-refractivity contribution >= 4 is 41.7 Å². The molecule has 0 saturated carbocycles. The highest BCUT2D eigenvalue weighted by Gasteiger charge is 2.42. The van der Waals surface area contributed by atoms with E-state index in [1.807, 2.05) is 0 Å². The zero-order valence-electron chi connectivity index (χ0n) is 22.0. The quantitative estimate of drug-likeness (QED) is 0.305. The maximum atomic E-state index is 13.2. The van der Waals surface area contributed by atoms with Gasteiger partial charge in [-0.2, -0.15) is 13.2 Å². The Labute approximate surface area is 225 Å². The number of hydrogen-bond donors (Lipinski definition) is 1. The molecule has 0 fully saturated rings. The van der Waals surface area contributed by atoms with Crippen LogP contribution < -0.4 is 5.32 Å². The Hall–Kier alpha value is -1.43. The molecule has 1 amide bonds. The summed E-state index contributed by atoms with van der Waals surface area (Å²) in [5.41, 5.74) is -0.880. The first kappa shape index (κ1) is 30.8. The molecule has 0 bridgehead atoms. The summed E-state index contributed by atoms with van der Waals surface area (Å²) in [5.74, 6) is 0. The molecule has 0 aliphatic heterocycles. The molecule has 2 aromatic rings. The van der Waals surface area contributed by atoms with E-state index in [1.165, 1.54) is 23.5 Å². The third-order valence-electron chi connectivity index (χ3n) is 6.06. The minimum atomic E-state index is -4.44. The van der Waals surface area contributed by atoms with Crippen LogP contribution in [-0.4, -0.2) is 31.0 Å². The van der Waals surface area contributed by atoms with Crippen molar-refractivity contribution < 1.29 is 27.1 Å². The van der Waals surface area contributed by atoms with Gasteiger partial charge >= 0.3 is 12.3 Å². The van der Waals surface area contributed by atoms with Crippen LogP contribution in [0, 0.1) is 0 Å². The van der Waals surface area contributed by atoms with Crippen LogP contribution in [-0.2, 0) is 21.8 Å². The van der Waals surface area contributed by atoms with Crippen LogP contribution >= 0.6 is 27.3 Å². The molecule has 1 aromatic heterocycles. The zero-order valence-corrected chi connectivity index (χ0v) is 25.5. The van der Waals surface area contributed by atoms with E-state index in [2.05, 4.69) is 60.1 Å². The number of nitrogens with one attached hydrogen (secondary N) is 1. The van der Waals surface area contributed by atoms with Crippen molar-refractivity contribution in [2.75, 3.05) is 0 Å². The maximum absolute atomic E-state index is 13.2. The molecule has 2 rings (SSSR count). The van der Waals surface area contributed by atoms with Gasteiger partial charge in [-0.15, -0.1) is 11.3 Å². The van der Waals surface area contributed by atoms with Gasteiger partial charge in [0, 0.05) is 6.42 Å². The summed E-state index contributed by atoms with van der Waals surface area (Å²) in [7, 11) is -2.40. The van der Waals surface area contributed by atoms with Crippen molar-refractivity contribution in [3.05, 3.63) is 50.4 Å². The summed E-state index contributed by atoms with van der Waals surface area (Å²) >= 11 is 4.91. The van der Waals surface area contributed by atoms with Gasteiger partial charge in [-0.1, -0.05) is 32.9 Å². The van der Waals surface area contributed by atoms with Gasteiger partial charge < -0.3 is 14.5 Å². The fraction of sp³-hybridized carbons (Fsp3) is 0.600. The molecule has 0 saturated heterocycles. The number of amides is 1. The molecule has 0 aliphatic carbocycles. The first-order valence-electron chi connectivity index (χ1n) is 11.7. The standard InChI is InChI=1S/C25H36BrF3N2O3SSi/c1-23(2,3)33-22(32)31-18(13-14-20-30-15-19(26)35-20)21(34-36(7,8)24(4,5)6)16-9-11-17(12-10-16)25(27,28)29/h9-12,15,18,21H,13-14H2,1-8H3,(H,31,32)/t18-,21+/m1/s1. The number of alkyl halides is 3. The zero-order chi connectivity index (χ0) is 27.5. The van der Waals surface area contributed by atoms with Crippen molar-refractivity contribution in [2.45, 2.75) is 96.4 Å². The van der Waals surface area contributed by atoms with E-state index in [-0.39, 0.29) is 5.04 Å². The summed E-state index contributed by atoms with van der Waals surface area (Å²) in [6.07, 6.45) is -3.00. The van der Waals surface area contributed by atoms with E-state index in [0.29, 0.717) is 18.4 Å². The van der Waals surface area contributed by atoms with E-state index in [4.69, 9.17) is 9.16 Å². The number of rotatable bonds is 8. The first-order chi connectivity index (χ1) is 16.3. The lowest BCUT2D eigenvalue weighted by Crippen LogP contribution is -2.49. The maximum Gasteiger partial charge on any atom is 0.416 e. The molecule has 202 valence electrons. The number of halogens is 4. The van der Waals surface area contributed by atoms with Gasteiger partial charge in [0.05, 0.1) is 32.7 Å². The molecule has 0 aliphatic rings. The van der Waals surface area contributed by atoms with Crippen LogP contribution in [0.1, 0.15) is 70.2 Å². The Balaban J connectivity index is 2.49. The number of ether oxygens (including phenoxy) is 1. The fourth-order valence-corrected chi connectivity index (χ4v) is 5.79. The number of benzene rings is 1. The highest BCUT2D eigenvalue weighted by atomic mass is 79.9. The third-order valence-corrected chi connectivity index (χ3v) is 12.0. The lowest BCUT2D eigenvalue weighted by atomic mass is 9.97. The lowest BCUT2D eigenvalue weighted by Gasteiger charge is -2.42.